The number of benzene rings is 1. The second kappa shape index (κ2) is 6.08. The summed E-state index contributed by atoms with van der Waals surface area (Å²) in [5.74, 6) is -2.32. The van der Waals surface area contributed by atoms with Gasteiger partial charge in [0.2, 0.25) is 0 Å². The van der Waals surface area contributed by atoms with E-state index in [2.05, 4.69) is 10.0 Å². The summed E-state index contributed by atoms with van der Waals surface area (Å²) in [5, 5.41) is 2.94. The Morgan fingerprint density at radius 2 is 2.00 bits per heavy atom. The van der Waals surface area contributed by atoms with E-state index in [1.165, 1.54) is 18.2 Å². The third-order valence-electron chi connectivity index (χ3n) is 2.80. The lowest BCUT2D eigenvalue weighted by atomic mass is 10.3. The fourth-order valence-electron chi connectivity index (χ4n) is 1.73. The smallest absolute Gasteiger partial charge is 0.271 e. The van der Waals surface area contributed by atoms with E-state index in [-0.39, 0.29) is 4.21 Å². The molecule has 114 valence electrons. The summed E-state index contributed by atoms with van der Waals surface area (Å²) >= 11 is 1.09. The van der Waals surface area contributed by atoms with Gasteiger partial charge in [-0.15, -0.1) is 11.3 Å². The molecule has 0 fully saturated rings. The molecule has 8 heteroatoms. The lowest BCUT2D eigenvalue weighted by Crippen LogP contribution is -2.13. The van der Waals surface area contributed by atoms with Crippen molar-refractivity contribution < 1.29 is 17.2 Å². The molecule has 0 aliphatic rings. The van der Waals surface area contributed by atoms with Gasteiger partial charge in [0.1, 0.15) is 4.21 Å². The second-order valence-corrected chi connectivity index (χ2v) is 7.45. The van der Waals surface area contributed by atoms with Crippen LogP contribution in [0.5, 0.6) is 0 Å². The van der Waals surface area contributed by atoms with Gasteiger partial charge in [0.05, 0.1) is 5.69 Å². The minimum absolute atomic E-state index is 0.0638. The predicted molar refractivity (Wildman–Crippen MR) is 79.0 cm³/mol. The van der Waals surface area contributed by atoms with Crippen molar-refractivity contribution in [3.05, 3.63) is 46.3 Å². The van der Waals surface area contributed by atoms with Crippen LogP contribution in [-0.4, -0.2) is 15.5 Å². The van der Waals surface area contributed by atoms with E-state index in [9.17, 15) is 17.2 Å². The van der Waals surface area contributed by atoms with Gasteiger partial charge in [-0.2, -0.15) is 0 Å². The number of nitrogens with one attached hydrogen (secondary N) is 2. The molecule has 0 aliphatic carbocycles. The maximum atomic E-state index is 13.5. The Labute approximate surface area is 125 Å². The van der Waals surface area contributed by atoms with Crippen molar-refractivity contribution in [1.82, 2.24) is 5.32 Å². The van der Waals surface area contributed by atoms with Crippen LogP contribution in [0, 0.1) is 18.6 Å². The fraction of sp³-hybridized carbons (Fsp3) is 0.231. The highest BCUT2D eigenvalue weighted by atomic mass is 32.2. The molecule has 21 heavy (non-hydrogen) atoms. The molecule has 0 aliphatic heterocycles. The number of sulfonamides is 1. The summed E-state index contributed by atoms with van der Waals surface area (Å²) in [4.78, 5) is 0.873. The van der Waals surface area contributed by atoms with Crippen molar-refractivity contribution in [2.45, 2.75) is 17.7 Å². The van der Waals surface area contributed by atoms with Crippen molar-refractivity contribution in [1.29, 1.82) is 0 Å². The van der Waals surface area contributed by atoms with E-state index in [0.717, 1.165) is 27.8 Å². The standard InChI is InChI=1S/C13H14F2N2O2S2/c1-8-6-12(20-11(8)7-16-2)21(18,19)17-10-5-3-4-9(14)13(10)15/h3-6,16-17H,7H2,1-2H3. The van der Waals surface area contributed by atoms with Crippen molar-refractivity contribution in [2.75, 3.05) is 11.8 Å². The topological polar surface area (TPSA) is 58.2 Å². The zero-order valence-corrected chi connectivity index (χ0v) is 13.0. The van der Waals surface area contributed by atoms with Crippen molar-refractivity contribution in [3.8, 4) is 0 Å². The van der Waals surface area contributed by atoms with Gasteiger partial charge in [-0.05, 0) is 37.7 Å². The van der Waals surface area contributed by atoms with Crippen LogP contribution in [0.4, 0.5) is 14.5 Å². The lowest BCUT2D eigenvalue weighted by molar-refractivity contribution is 0.511. The summed E-state index contributed by atoms with van der Waals surface area (Å²) < 4.78 is 53.2. The minimum atomic E-state index is -3.94. The molecule has 1 aromatic heterocycles. The average molecular weight is 332 g/mol. The molecule has 4 nitrogen and oxygen atoms in total. The van der Waals surface area contributed by atoms with Crippen LogP contribution in [0.3, 0.4) is 0 Å². The number of hydrogen-bond acceptors (Lipinski definition) is 4. The average Bonchev–Trinajstić information content (AvgIpc) is 2.78. The van der Waals surface area contributed by atoms with Gasteiger partial charge in [-0.25, -0.2) is 17.2 Å². The fourth-order valence-corrected chi connectivity index (χ4v) is 4.40. The maximum Gasteiger partial charge on any atom is 0.271 e. The summed E-state index contributed by atoms with van der Waals surface area (Å²) in [7, 11) is -2.18. The van der Waals surface area contributed by atoms with E-state index in [4.69, 9.17) is 0 Å². The van der Waals surface area contributed by atoms with Crippen molar-refractivity contribution >= 4 is 27.0 Å². The van der Waals surface area contributed by atoms with Gasteiger partial charge in [-0.3, -0.25) is 4.72 Å². The van der Waals surface area contributed by atoms with Crippen LogP contribution >= 0.6 is 11.3 Å². The Balaban J connectivity index is 2.34. The van der Waals surface area contributed by atoms with Gasteiger partial charge < -0.3 is 5.32 Å². The molecule has 2 N–H and O–H groups in total. The summed E-state index contributed by atoms with van der Waals surface area (Å²) in [6.07, 6.45) is 0. The third kappa shape index (κ3) is 3.39. The molecule has 2 rings (SSSR count). The maximum absolute atomic E-state index is 13.5. The van der Waals surface area contributed by atoms with E-state index in [1.807, 2.05) is 0 Å². The molecule has 0 bridgehead atoms. The van der Waals surface area contributed by atoms with Gasteiger partial charge in [0.15, 0.2) is 11.6 Å². The Hall–Kier alpha value is -1.51. The monoisotopic (exact) mass is 332 g/mol. The van der Waals surface area contributed by atoms with E-state index in [1.54, 1.807) is 14.0 Å². The first-order valence-electron chi connectivity index (χ1n) is 6.06. The first kappa shape index (κ1) is 15.9. The summed E-state index contributed by atoms with van der Waals surface area (Å²) in [6.45, 7) is 2.34. The van der Waals surface area contributed by atoms with Crippen LogP contribution in [0.2, 0.25) is 0 Å². The number of halogens is 2. The minimum Gasteiger partial charge on any atom is -0.315 e. The van der Waals surface area contributed by atoms with E-state index >= 15 is 0 Å². The molecule has 0 saturated heterocycles. The Bertz CT molecular complexity index is 758. The zero-order chi connectivity index (χ0) is 15.6. The normalized spacial score (nSPS) is 11.6. The molecular weight excluding hydrogens is 318 g/mol. The summed E-state index contributed by atoms with van der Waals surface area (Å²) in [6, 6.07) is 4.84. The largest absolute Gasteiger partial charge is 0.315 e. The van der Waals surface area contributed by atoms with Crippen LogP contribution in [0.15, 0.2) is 28.5 Å². The highest BCUT2D eigenvalue weighted by Gasteiger charge is 2.21. The number of anilines is 1. The van der Waals surface area contributed by atoms with Crippen molar-refractivity contribution in [3.63, 3.8) is 0 Å². The van der Waals surface area contributed by atoms with Crippen molar-refractivity contribution in [2.24, 2.45) is 0 Å². The molecule has 2 aromatic rings. The van der Waals surface area contributed by atoms with Crippen LogP contribution in [0.25, 0.3) is 0 Å². The van der Waals surface area contributed by atoms with Gasteiger partial charge in [-0.1, -0.05) is 6.07 Å². The molecule has 0 atom stereocenters. The Morgan fingerprint density at radius 1 is 1.29 bits per heavy atom. The quantitative estimate of drug-likeness (QED) is 0.885. The molecule has 0 saturated carbocycles. The molecule has 0 amide bonds. The molecule has 1 heterocycles. The van der Waals surface area contributed by atoms with Crippen LogP contribution in [0.1, 0.15) is 10.4 Å². The number of aryl methyl sites for hydroxylation is 1. The number of hydrogen-bond donors (Lipinski definition) is 2. The Morgan fingerprint density at radius 3 is 2.67 bits per heavy atom. The highest BCUT2D eigenvalue weighted by Crippen LogP contribution is 2.28. The highest BCUT2D eigenvalue weighted by molar-refractivity contribution is 7.94. The van der Waals surface area contributed by atoms with Crippen LogP contribution in [-0.2, 0) is 16.6 Å². The lowest BCUT2D eigenvalue weighted by Gasteiger charge is -2.07. The Kier molecular flexibility index (Phi) is 4.60. The zero-order valence-electron chi connectivity index (χ0n) is 11.4. The van der Waals surface area contributed by atoms with Crippen LogP contribution < -0.4 is 10.0 Å². The first-order valence-corrected chi connectivity index (χ1v) is 8.36. The van der Waals surface area contributed by atoms with Gasteiger partial charge >= 0.3 is 0 Å². The predicted octanol–water partition coefficient (Wildman–Crippen LogP) is 2.85. The first-order chi connectivity index (χ1) is 9.85. The number of rotatable bonds is 5. The third-order valence-corrected chi connectivity index (χ3v) is 5.87. The van der Waals surface area contributed by atoms with Gasteiger partial charge in [0, 0.05) is 11.4 Å². The van der Waals surface area contributed by atoms with E-state index in [0.29, 0.717) is 6.54 Å². The van der Waals surface area contributed by atoms with E-state index < -0.39 is 27.3 Å². The molecule has 0 radical (unpaired) electrons. The summed E-state index contributed by atoms with van der Waals surface area (Å²) in [5.41, 5.74) is 0.422. The molecule has 0 spiro atoms. The second-order valence-electron chi connectivity index (χ2n) is 4.41. The number of thiophene rings is 1. The molecule has 0 unspecified atom stereocenters. The SMILES string of the molecule is CNCc1sc(S(=O)(=O)Nc2cccc(F)c2F)cc1C. The molecule has 1 aromatic carbocycles. The molecular formula is C13H14F2N2O2S2. The van der Waals surface area contributed by atoms with Gasteiger partial charge in [0.25, 0.3) is 10.0 Å².